The van der Waals surface area contributed by atoms with Crippen LogP contribution in [-0.2, 0) is 13.0 Å². The highest BCUT2D eigenvalue weighted by atomic mass is 35.5. The van der Waals surface area contributed by atoms with Crippen molar-refractivity contribution in [1.82, 2.24) is 15.5 Å². The van der Waals surface area contributed by atoms with Gasteiger partial charge in [0.05, 0.1) is 11.4 Å². The van der Waals surface area contributed by atoms with Crippen LogP contribution in [0, 0.1) is 0 Å². The van der Waals surface area contributed by atoms with Crippen molar-refractivity contribution >= 4 is 47.1 Å². The summed E-state index contributed by atoms with van der Waals surface area (Å²) < 4.78 is 0. The molecule has 3 heterocycles. The minimum absolute atomic E-state index is 0.112. The van der Waals surface area contributed by atoms with E-state index in [1.807, 2.05) is 41.4 Å². The van der Waals surface area contributed by atoms with E-state index in [0.717, 1.165) is 58.5 Å². The molecule has 1 amide bonds. The topological polar surface area (TPSA) is 69.1 Å². The van der Waals surface area contributed by atoms with Gasteiger partial charge in [-0.2, -0.15) is 0 Å². The summed E-state index contributed by atoms with van der Waals surface area (Å²) in [6.45, 7) is 4.38. The Kier molecular flexibility index (Phi) is 7.51. The molecule has 31 heavy (non-hydrogen) atoms. The Labute approximate surface area is 191 Å². The quantitative estimate of drug-likeness (QED) is 0.739. The van der Waals surface area contributed by atoms with Gasteiger partial charge in [-0.05, 0) is 35.8 Å². The van der Waals surface area contributed by atoms with Crippen LogP contribution in [0.3, 0.4) is 0 Å². The van der Waals surface area contributed by atoms with Crippen molar-refractivity contribution in [3.63, 3.8) is 0 Å². The van der Waals surface area contributed by atoms with E-state index < -0.39 is 0 Å². The summed E-state index contributed by atoms with van der Waals surface area (Å²) in [6, 6.07) is 9.85. The first-order chi connectivity index (χ1) is 15.2. The molecule has 0 radical (unpaired) electrons. The van der Waals surface area contributed by atoms with Crippen molar-refractivity contribution < 1.29 is 4.79 Å². The van der Waals surface area contributed by atoms with Crippen LogP contribution in [0.2, 0.25) is 5.02 Å². The first kappa shape index (κ1) is 21.7. The fourth-order valence-electron chi connectivity index (χ4n) is 3.52. The highest BCUT2D eigenvalue weighted by molar-refractivity contribution is 7.15. The molecule has 4 rings (SSSR count). The van der Waals surface area contributed by atoms with Crippen molar-refractivity contribution in [3.8, 4) is 0 Å². The highest BCUT2D eigenvalue weighted by Crippen LogP contribution is 2.27. The van der Waals surface area contributed by atoms with Crippen molar-refractivity contribution in [2.24, 2.45) is 9.98 Å². The third kappa shape index (κ3) is 5.81. The monoisotopic (exact) mass is 455 g/mol. The first-order valence-corrected chi connectivity index (χ1v) is 11.7. The van der Waals surface area contributed by atoms with Crippen LogP contribution in [0.1, 0.15) is 32.1 Å². The zero-order valence-electron chi connectivity index (χ0n) is 17.3. The molecular formula is C23H26ClN5OS. The van der Waals surface area contributed by atoms with Crippen LogP contribution in [0.25, 0.3) is 6.08 Å². The Morgan fingerprint density at radius 2 is 2.10 bits per heavy atom. The van der Waals surface area contributed by atoms with Crippen LogP contribution in [0.15, 0.2) is 46.4 Å². The fraction of sp³-hybridized carbons (Fsp3) is 0.348. The summed E-state index contributed by atoms with van der Waals surface area (Å²) in [5.74, 6) is 0.718. The summed E-state index contributed by atoms with van der Waals surface area (Å²) in [5.41, 5.74) is 2.16. The van der Waals surface area contributed by atoms with Crippen LogP contribution >= 0.6 is 22.9 Å². The van der Waals surface area contributed by atoms with Gasteiger partial charge in [0.15, 0.2) is 0 Å². The number of nitrogens with zero attached hydrogens (tertiary/aromatic N) is 3. The number of guanidine groups is 1. The fourth-order valence-corrected chi connectivity index (χ4v) is 4.83. The number of thiophene rings is 1. The number of allylic oxidation sites excluding steroid dienone is 1. The number of nitrogens with one attached hydrogen (secondary N) is 2. The number of rotatable bonds is 4. The lowest BCUT2D eigenvalue weighted by Gasteiger charge is -2.26. The maximum absolute atomic E-state index is 12.9. The SMILES string of the molecule is O=C(c1cc2c(s1)/C=C\C/C=N\C(NCCc1ccccc1Cl)=N/C2)N1CCNCC1. The van der Waals surface area contributed by atoms with Gasteiger partial charge in [0, 0.05) is 55.3 Å². The number of halogens is 1. The Hall–Kier alpha value is -2.48. The summed E-state index contributed by atoms with van der Waals surface area (Å²) in [5, 5.41) is 7.38. The average Bonchev–Trinajstić information content (AvgIpc) is 3.21. The smallest absolute Gasteiger partial charge is 0.264 e. The van der Waals surface area contributed by atoms with Crippen LogP contribution in [-0.4, -0.2) is 55.7 Å². The minimum Gasteiger partial charge on any atom is -0.354 e. The van der Waals surface area contributed by atoms with Gasteiger partial charge >= 0.3 is 0 Å². The van der Waals surface area contributed by atoms with Gasteiger partial charge < -0.3 is 15.5 Å². The van der Waals surface area contributed by atoms with E-state index in [9.17, 15) is 4.79 Å². The third-order valence-electron chi connectivity index (χ3n) is 5.22. The average molecular weight is 456 g/mol. The Morgan fingerprint density at radius 1 is 1.26 bits per heavy atom. The molecule has 0 spiro atoms. The number of benzene rings is 1. The van der Waals surface area contributed by atoms with E-state index in [2.05, 4.69) is 32.8 Å². The number of hydrogen-bond donors (Lipinski definition) is 2. The van der Waals surface area contributed by atoms with Gasteiger partial charge in [0.25, 0.3) is 5.91 Å². The van der Waals surface area contributed by atoms with Crippen molar-refractivity contribution in [2.45, 2.75) is 19.4 Å². The largest absolute Gasteiger partial charge is 0.354 e. The standard InChI is InChI=1S/C23H26ClN5OS/c24-19-6-2-1-5-17(19)8-10-27-23-26-9-4-3-7-20-18(16-28-23)15-21(31-20)22(30)29-13-11-25-12-14-29/h1-3,5-7,9,15,25H,4,8,10-14,16H2,(H,27,28)/b7-3-,26-9-. The summed E-state index contributed by atoms with van der Waals surface area (Å²) in [7, 11) is 0. The molecule has 1 aromatic carbocycles. The number of piperazine rings is 1. The van der Waals surface area contributed by atoms with Crippen molar-refractivity contribution in [3.05, 3.63) is 62.3 Å². The molecule has 0 unspecified atom stereocenters. The lowest BCUT2D eigenvalue weighted by molar-refractivity contribution is 0.0740. The van der Waals surface area contributed by atoms with Gasteiger partial charge in [0.2, 0.25) is 5.96 Å². The maximum Gasteiger partial charge on any atom is 0.264 e. The molecule has 2 aromatic rings. The normalized spacial score (nSPS) is 20.3. The maximum atomic E-state index is 12.9. The molecule has 0 bridgehead atoms. The molecule has 0 saturated carbocycles. The second-order valence-corrected chi connectivity index (χ2v) is 8.89. The van der Waals surface area contributed by atoms with Gasteiger partial charge in [0.1, 0.15) is 0 Å². The van der Waals surface area contributed by atoms with E-state index in [1.165, 1.54) is 0 Å². The predicted octanol–water partition coefficient (Wildman–Crippen LogP) is 3.62. The molecule has 8 heteroatoms. The molecule has 0 atom stereocenters. The summed E-state index contributed by atoms with van der Waals surface area (Å²) >= 11 is 7.79. The van der Waals surface area contributed by atoms with Gasteiger partial charge in [-0.1, -0.05) is 35.9 Å². The number of amides is 1. The molecule has 2 aliphatic heterocycles. The van der Waals surface area contributed by atoms with Crippen molar-refractivity contribution in [2.75, 3.05) is 32.7 Å². The van der Waals surface area contributed by atoms with Crippen LogP contribution < -0.4 is 10.6 Å². The second-order valence-electron chi connectivity index (χ2n) is 7.40. The van der Waals surface area contributed by atoms with Gasteiger partial charge in [-0.3, -0.25) is 4.79 Å². The lowest BCUT2D eigenvalue weighted by atomic mass is 10.1. The molecule has 6 nitrogen and oxygen atoms in total. The van der Waals surface area contributed by atoms with E-state index in [0.29, 0.717) is 25.5 Å². The summed E-state index contributed by atoms with van der Waals surface area (Å²) in [4.78, 5) is 25.8. The summed E-state index contributed by atoms with van der Waals surface area (Å²) in [6.07, 6.45) is 7.50. The van der Waals surface area contributed by atoms with Crippen LogP contribution in [0.5, 0.6) is 0 Å². The van der Waals surface area contributed by atoms with E-state index in [-0.39, 0.29) is 5.91 Å². The molecule has 1 fully saturated rings. The van der Waals surface area contributed by atoms with Gasteiger partial charge in [-0.25, -0.2) is 9.98 Å². The van der Waals surface area contributed by atoms with Crippen LogP contribution in [0.4, 0.5) is 0 Å². The minimum atomic E-state index is 0.112. The second kappa shape index (κ2) is 10.7. The first-order valence-electron chi connectivity index (χ1n) is 10.5. The zero-order valence-corrected chi connectivity index (χ0v) is 18.9. The molecule has 2 N–H and O–H groups in total. The van der Waals surface area contributed by atoms with E-state index in [4.69, 9.17) is 11.6 Å². The highest BCUT2D eigenvalue weighted by Gasteiger charge is 2.21. The predicted molar refractivity (Wildman–Crippen MR) is 130 cm³/mol. The van der Waals surface area contributed by atoms with Crippen molar-refractivity contribution in [1.29, 1.82) is 0 Å². The molecular weight excluding hydrogens is 430 g/mol. The molecule has 1 saturated heterocycles. The lowest BCUT2D eigenvalue weighted by Crippen LogP contribution is -2.46. The zero-order chi connectivity index (χ0) is 21.5. The van der Waals surface area contributed by atoms with Gasteiger partial charge in [-0.15, -0.1) is 11.3 Å². The number of carbonyl (C=O) groups excluding carboxylic acids is 1. The Balaban J connectivity index is 1.44. The Morgan fingerprint density at radius 3 is 2.94 bits per heavy atom. The molecule has 162 valence electrons. The number of aliphatic imine (C=N–C) groups is 2. The van der Waals surface area contributed by atoms with E-state index in [1.54, 1.807) is 11.3 Å². The molecule has 1 aromatic heterocycles. The third-order valence-corrected chi connectivity index (χ3v) is 6.71. The number of carbonyl (C=O) groups is 1. The van der Waals surface area contributed by atoms with E-state index >= 15 is 0 Å². The number of hydrogen-bond acceptors (Lipinski definition) is 6. The Bertz CT molecular complexity index is 1010. The molecule has 0 aliphatic carbocycles. The number of fused-ring (bicyclic) bond motifs is 1. The molecule has 2 aliphatic rings.